The van der Waals surface area contributed by atoms with Crippen LogP contribution in [0.1, 0.15) is 52.9 Å². The molecule has 1 N–H and O–H groups in total. The molecule has 3 aromatic carbocycles. The molecule has 4 heteroatoms. The van der Waals surface area contributed by atoms with Crippen molar-refractivity contribution in [3.63, 3.8) is 0 Å². The maximum absolute atomic E-state index is 11.0. The Hall–Kier alpha value is -3.90. The van der Waals surface area contributed by atoms with Crippen molar-refractivity contribution in [3.05, 3.63) is 125 Å². The molecule has 0 atom stereocenters. The Balaban J connectivity index is 1.39. The third-order valence-corrected chi connectivity index (χ3v) is 7.94. The molecular weight excluding hydrogens is 509 g/mol. The first-order valence-corrected chi connectivity index (χ1v) is 13.5. The number of aromatic nitrogens is 1. The first-order valence-electron chi connectivity index (χ1n) is 11.8. The normalized spacial score (nSPS) is 13.7. The number of hydrogen-bond donors (Lipinski definition) is 1. The molecule has 0 unspecified atom stereocenters. The summed E-state index contributed by atoms with van der Waals surface area (Å²) in [6.07, 6.45) is 5.17. The number of carboxylic acid groups (broad SMARTS) is 1. The van der Waals surface area contributed by atoms with E-state index in [1.807, 2.05) is 24.4 Å². The summed E-state index contributed by atoms with van der Waals surface area (Å²) in [5.74, 6) is 2.26. The SMILES string of the molecule is CC1(C)CC=C(c2ccc(-c3ccccn3)cc2)c2ccc([Se]C#Cc3ccc(C(=O)O)cc3)cc21. The number of rotatable bonds is 4. The van der Waals surface area contributed by atoms with E-state index in [-0.39, 0.29) is 25.9 Å². The second-order valence-electron chi connectivity index (χ2n) is 9.42. The zero-order chi connectivity index (χ0) is 25.1. The fourth-order valence-electron chi connectivity index (χ4n) is 4.43. The molecule has 176 valence electrons. The van der Waals surface area contributed by atoms with Gasteiger partial charge in [-0.15, -0.1) is 0 Å². The monoisotopic (exact) mass is 535 g/mol. The molecular formula is C32H25NO2Se. The van der Waals surface area contributed by atoms with Gasteiger partial charge in [0.1, 0.15) is 0 Å². The van der Waals surface area contributed by atoms with Crippen LogP contribution in [0.3, 0.4) is 0 Å². The maximum atomic E-state index is 11.0. The average Bonchev–Trinajstić information content (AvgIpc) is 2.90. The van der Waals surface area contributed by atoms with Gasteiger partial charge < -0.3 is 0 Å². The second-order valence-corrected chi connectivity index (χ2v) is 11.3. The van der Waals surface area contributed by atoms with E-state index in [0.29, 0.717) is 0 Å². The van der Waals surface area contributed by atoms with Gasteiger partial charge in [0.15, 0.2) is 0 Å². The molecule has 1 aromatic heterocycles. The van der Waals surface area contributed by atoms with E-state index in [1.165, 1.54) is 26.7 Å². The quantitative estimate of drug-likeness (QED) is 0.262. The van der Waals surface area contributed by atoms with Gasteiger partial charge in [0.25, 0.3) is 0 Å². The summed E-state index contributed by atoms with van der Waals surface area (Å²) in [7, 11) is 0. The van der Waals surface area contributed by atoms with Gasteiger partial charge in [0.05, 0.1) is 0 Å². The van der Waals surface area contributed by atoms with E-state index < -0.39 is 5.97 Å². The molecule has 0 amide bonds. The van der Waals surface area contributed by atoms with Crippen molar-refractivity contribution in [1.29, 1.82) is 0 Å². The number of allylic oxidation sites excluding steroid dienone is 1. The van der Waals surface area contributed by atoms with Gasteiger partial charge in [-0.2, -0.15) is 0 Å². The van der Waals surface area contributed by atoms with E-state index in [0.717, 1.165) is 23.2 Å². The van der Waals surface area contributed by atoms with E-state index in [4.69, 9.17) is 5.11 Å². The fourth-order valence-corrected chi connectivity index (χ4v) is 5.68. The van der Waals surface area contributed by atoms with Crippen molar-refractivity contribution >= 4 is 31.0 Å². The Morgan fingerprint density at radius 3 is 2.39 bits per heavy atom. The third kappa shape index (κ3) is 5.04. The van der Waals surface area contributed by atoms with Crippen molar-refractivity contribution < 1.29 is 9.90 Å². The molecule has 0 aliphatic heterocycles. The van der Waals surface area contributed by atoms with Crippen LogP contribution in [0, 0.1) is 10.7 Å². The van der Waals surface area contributed by atoms with Crippen LogP contribution in [0.15, 0.2) is 97.2 Å². The molecule has 0 fully saturated rings. The third-order valence-electron chi connectivity index (χ3n) is 6.48. The van der Waals surface area contributed by atoms with Crippen LogP contribution in [-0.4, -0.2) is 31.0 Å². The number of aromatic carboxylic acids is 1. The summed E-state index contributed by atoms with van der Waals surface area (Å²) < 4.78 is 1.25. The molecule has 0 radical (unpaired) electrons. The Bertz CT molecular complexity index is 1510. The van der Waals surface area contributed by atoms with Gasteiger partial charge in [-0.05, 0) is 6.07 Å². The number of nitrogens with zero attached hydrogens (tertiary/aromatic N) is 1. The van der Waals surface area contributed by atoms with E-state index in [2.05, 4.69) is 78.1 Å². The molecule has 0 spiro atoms. The summed E-state index contributed by atoms with van der Waals surface area (Å²) in [6.45, 7) is 4.60. The van der Waals surface area contributed by atoms with Gasteiger partial charge in [0.2, 0.25) is 0 Å². The summed E-state index contributed by atoms with van der Waals surface area (Å²) in [5, 5.41) is 9.05. The summed E-state index contributed by atoms with van der Waals surface area (Å²) in [5.41, 5.74) is 8.40. The Labute approximate surface area is 218 Å². The first-order chi connectivity index (χ1) is 17.4. The Morgan fingerprint density at radius 2 is 1.69 bits per heavy atom. The molecule has 5 rings (SSSR count). The van der Waals surface area contributed by atoms with Crippen molar-refractivity contribution in [1.82, 2.24) is 4.98 Å². The Kier molecular flexibility index (Phi) is 6.61. The summed E-state index contributed by atoms with van der Waals surface area (Å²) in [6, 6.07) is 28.1. The predicted octanol–water partition coefficient (Wildman–Crippen LogP) is 5.90. The van der Waals surface area contributed by atoms with Gasteiger partial charge in [-0.1, -0.05) is 0 Å². The molecule has 0 bridgehead atoms. The van der Waals surface area contributed by atoms with Crippen molar-refractivity contribution in [2.75, 3.05) is 0 Å². The molecule has 0 saturated heterocycles. The second kappa shape index (κ2) is 9.99. The van der Waals surface area contributed by atoms with Crippen LogP contribution in [0.4, 0.5) is 0 Å². The average molecular weight is 535 g/mol. The number of fused-ring (bicyclic) bond motifs is 1. The van der Waals surface area contributed by atoms with Crippen molar-refractivity contribution in [2.45, 2.75) is 25.7 Å². The van der Waals surface area contributed by atoms with Crippen LogP contribution in [-0.2, 0) is 5.41 Å². The number of carbonyl (C=O) groups is 1. The number of pyridine rings is 1. The molecule has 1 aliphatic carbocycles. The Morgan fingerprint density at radius 1 is 0.944 bits per heavy atom. The van der Waals surface area contributed by atoms with Crippen molar-refractivity contribution in [2.24, 2.45) is 0 Å². The first kappa shape index (κ1) is 23.8. The van der Waals surface area contributed by atoms with E-state index >= 15 is 0 Å². The van der Waals surface area contributed by atoms with Crippen LogP contribution >= 0.6 is 0 Å². The van der Waals surface area contributed by atoms with Gasteiger partial charge in [-0.3, -0.25) is 0 Å². The fraction of sp³-hybridized carbons (Fsp3) is 0.125. The van der Waals surface area contributed by atoms with E-state index in [9.17, 15) is 4.79 Å². The topological polar surface area (TPSA) is 50.2 Å². The standard InChI is InChI=1S/C32H25NO2Se/c1-32(2)18-16-27(23-10-12-24(13-11-23)30-5-3-4-19-33-30)28-15-14-26(21-29(28)32)36-20-17-22-6-8-25(9-7-22)31(34)35/h3-16,19,21H,18H2,1-2H3,(H,34,35). The van der Waals surface area contributed by atoms with Crippen LogP contribution < -0.4 is 4.46 Å². The van der Waals surface area contributed by atoms with Crippen molar-refractivity contribution in [3.8, 4) is 22.0 Å². The molecule has 36 heavy (non-hydrogen) atoms. The number of benzene rings is 3. The summed E-state index contributed by atoms with van der Waals surface area (Å²) in [4.78, 5) is 18.8. The molecule has 0 saturated carbocycles. The van der Waals surface area contributed by atoms with E-state index in [1.54, 1.807) is 24.3 Å². The predicted molar refractivity (Wildman–Crippen MR) is 147 cm³/mol. The zero-order valence-corrected chi connectivity index (χ0v) is 21.9. The molecule has 4 aromatic rings. The molecule has 3 nitrogen and oxygen atoms in total. The van der Waals surface area contributed by atoms with Crippen LogP contribution in [0.5, 0.6) is 0 Å². The van der Waals surface area contributed by atoms with Gasteiger partial charge in [-0.25, -0.2) is 0 Å². The summed E-state index contributed by atoms with van der Waals surface area (Å²) >= 11 is 0.00222. The van der Waals surface area contributed by atoms with Gasteiger partial charge in [0, 0.05) is 0 Å². The number of carboxylic acids is 1. The molecule has 1 heterocycles. The van der Waals surface area contributed by atoms with Crippen LogP contribution in [0.25, 0.3) is 16.8 Å². The molecule has 1 aliphatic rings. The van der Waals surface area contributed by atoms with Gasteiger partial charge >= 0.3 is 212 Å². The minimum atomic E-state index is -0.923. The zero-order valence-electron chi connectivity index (χ0n) is 20.2. The minimum absolute atomic E-state index is 0.00222. The van der Waals surface area contributed by atoms with Crippen LogP contribution in [0.2, 0.25) is 0 Å². The number of hydrogen-bond acceptors (Lipinski definition) is 2.